The lowest BCUT2D eigenvalue weighted by Crippen LogP contribution is -2.54. The van der Waals surface area contributed by atoms with Crippen molar-refractivity contribution in [3.05, 3.63) is 11.7 Å². The number of piperazine rings is 1. The average Bonchev–Trinajstić information content (AvgIpc) is 3.13. The number of nitrogens with one attached hydrogen (secondary N) is 2. The maximum Gasteiger partial charge on any atom is 0.325 e. The summed E-state index contributed by atoms with van der Waals surface area (Å²) in [5.41, 5.74) is -0.804. The van der Waals surface area contributed by atoms with Crippen LogP contribution < -0.4 is 10.6 Å². The SMILES string of the molecule is CC1CC(C)(C)CC2(C1)NC(=O)N(Cc1nc(C3CNCCN3C)no1)C2=O.Cl. The van der Waals surface area contributed by atoms with Gasteiger partial charge in [-0.15, -0.1) is 12.4 Å². The highest BCUT2D eigenvalue weighted by atomic mass is 35.5. The normalized spacial score (nSPS) is 32.3. The van der Waals surface area contributed by atoms with Gasteiger partial charge in [0.2, 0.25) is 5.89 Å². The Balaban J connectivity index is 0.00000240. The fourth-order valence-electron chi connectivity index (χ4n) is 5.35. The summed E-state index contributed by atoms with van der Waals surface area (Å²) in [6.45, 7) is 9.04. The summed E-state index contributed by atoms with van der Waals surface area (Å²) >= 11 is 0. The standard InChI is InChI=1S/C19H30N6O3.ClH/c1-12-7-18(2,3)11-19(8-12)16(26)25(17(27)22-19)10-14-21-15(23-28-14)13-9-20-5-6-24(13)4;/h12-13,20H,5-11H2,1-4H3,(H,22,27);1H. The second-order valence-electron chi connectivity index (χ2n) is 9.50. The van der Waals surface area contributed by atoms with E-state index in [0.29, 0.717) is 24.6 Å². The molecule has 9 nitrogen and oxygen atoms in total. The molecule has 29 heavy (non-hydrogen) atoms. The Bertz CT molecular complexity index is 784. The molecule has 1 spiro atoms. The lowest BCUT2D eigenvalue weighted by molar-refractivity contribution is -0.135. The Morgan fingerprint density at radius 3 is 2.72 bits per heavy atom. The monoisotopic (exact) mass is 426 g/mol. The number of nitrogens with zero attached hydrogens (tertiary/aromatic N) is 4. The van der Waals surface area contributed by atoms with Crippen LogP contribution in [0.4, 0.5) is 4.79 Å². The van der Waals surface area contributed by atoms with Gasteiger partial charge in [0, 0.05) is 19.6 Å². The minimum absolute atomic E-state index is 0. The lowest BCUT2D eigenvalue weighted by Gasteiger charge is -2.43. The van der Waals surface area contributed by atoms with E-state index < -0.39 is 5.54 Å². The fourth-order valence-corrected chi connectivity index (χ4v) is 5.35. The molecule has 3 fully saturated rings. The van der Waals surface area contributed by atoms with Crippen LogP contribution in [0.5, 0.6) is 0 Å². The number of amides is 3. The second-order valence-corrected chi connectivity index (χ2v) is 9.50. The quantitative estimate of drug-likeness (QED) is 0.709. The largest absolute Gasteiger partial charge is 0.337 e. The van der Waals surface area contributed by atoms with Gasteiger partial charge < -0.3 is 15.2 Å². The first-order valence-corrected chi connectivity index (χ1v) is 10.1. The molecule has 3 atom stereocenters. The molecule has 3 amide bonds. The minimum atomic E-state index is -0.811. The van der Waals surface area contributed by atoms with Crippen LogP contribution in [0.25, 0.3) is 0 Å². The first kappa shape index (κ1) is 22.0. The zero-order chi connectivity index (χ0) is 20.1. The lowest BCUT2D eigenvalue weighted by atomic mass is 9.64. The number of carbonyl (C=O) groups is 2. The van der Waals surface area contributed by atoms with Gasteiger partial charge in [0.15, 0.2) is 5.82 Å². The molecular formula is C19H31ClN6O3. The van der Waals surface area contributed by atoms with E-state index in [1.54, 1.807) is 0 Å². The number of rotatable bonds is 3. The zero-order valence-electron chi connectivity index (χ0n) is 17.5. The van der Waals surface area contributed by atoms with Gasteiger partial charge in [0.05, 0.1) is 6.04 Å². The number of hydrogen-bond donors (Lipinski definition) is 2. The van der Waals surface area contributed by atoms with Gasteiger partial charge in [-0.1, -0.05) is 25.9 Å². The molecule has 0 bridgehead atoms. The second kappa shape index (κ2) is 7.85. The Hall–Kier alpha value is -1.71. The topological polar surface area (TPSA) is 104 Å². The summed E-state index contributed by atoms with van der Waals surface area (Å²) in [5, 5.41) is 10.4. The smallest absolute Gasteiger partial charge is 0.325 e. The Kier molecular flexibility index (Phi) is 5.95. The molecule has 4 rings (SSSR count). The number of halogens is 1. The van der Waals surface area contributed by atoms with Gasteiger partial charge >= 0.3 is 6.03 Å². The Labute approximate surface area is 177 Å². The van der Waals surface area contributed by atoms with E-state index in [1.165, 1.54) is 4.90 Å². The molecule has 3 unspecified atom stereocenters. The van der Waals surface area contributed by atoms with Crippen molar-refractivity contribution in [3.8, 4) is 0 Å². The van der Waals surface area contributed by atoms with Crippen molar-refractivity contribution in [1.82, 2.24) is 30.6 Å². The van der Waals surface area contributed by atoms with Crippen molar-refractivity contribution >= 4 is 24.3 Å². The van der Waals surface area contributed by atoms with Gasteiger partial charge in [-0.2, -0.15) is 4.98 Å². The Morgan fingerprint density at radius 1 is 1.28 bits per heavy atom. The number of carbonyl (C=O) groups excluding carboxylic acids is 2. The number of urea groups is 1. The number of hydrogen-bond acceptors (Lipinski definition) is 7. The van der Waals surface area contributed by atoms with Crippen LogP contribution >= 0.6 is 12.4 Å². The van der Waals surface area contributed by atoms with Crippen molar-refractivity contribution in [2.75, 3.05) is 26.7 Å². The third kappa shape index (κ3) is 4.13. The molecule has 0 aromatic carbocycles. The summed E-state index contributed by atoms with van der Waals surface area (Å²) in [7, 11) is 2.02. The molecule has 3 heterocycles. The highest BCUT2D eigenvalue weighted by Gasteiger charge is 2.56. The van der Waals surface area contributed by atoms with E-state index >= 15 is 0 Å². The van der Waals surface area contributed by atoms with Gasteiger partial charge in [0.25, 0.3) is 5.91 Å². The minimum Gasteiger partial charge on any atom is -0.337 e. The summed E-state index contributed by atoms with van der Waals surface area (Å²) in [5.74, 6) is 1.07. The van der Waals surface area contributed by atoms with Crippen molar-refractivity contribution < 1.29 is 14.1 Å². The third-order valence-electron chi connectivity index (χ3n) is 6.21. The molecule has 1 aliphatic carbocycles. The molecule has 1 aromatic heterocycles. The molecule has 2 aliphatic heterocycles. The van der Waals surface area contributed by atoms with E-state index in [9.17, 15) is 9.59 Å². The predicted octanol–water partition coefficient (Wildman–Crippen LogP) is 1.70. The maximum atomic E-state index is 13.2. The highest BCUT2D eigenvalue weighted by Crippen LogP contribution is 2.46. The van der Waals surface area contributed by atoms with Crippen molar-refractivity contribution in [2.45, 2.75) is 58.2 Å². The highest BCUT2D eigenvalue weighted by molar-refractivity contribution is 6.07. The molecule has 10 heteroatoms. The maximum absolute atomic E-state index is 13.2. The van der Waals surface area contributed by atoms with Gasteiger partial charge in [-0.05, 0) is 37.6 Å². The molecule has 3 aliphatic rings. The predicted molar refractivity (Wildman–Crippen MR) is 108 cm³/mol. The van der Waals surface area contributed by atoms with Crippen LogP contribution in [0.15, 0.2) is 4.52 Å². The molecule has 162 valence electrons. The van der Waals surface area contributed by atoms with E-state index in [2.05, 4.69) is 46.4 Å². The molecule has 0 radical (unpaired) electrons. The summed E-state index contributed by atoms with van der Waals surface area (Å²) in [6.07, 6.45) is 2.37. The molecular weight excluding hydrogens is 396 g/mol. The van der Waals surface area contributed by atoms with Crippen molar-refractivity contribution in [1.29, 1.82) is 0 Å². The van der Waals surface area contributed by atoms with Crippen molar-refractivity contribution in [3.63, 3.8) is 0 Å². The van der Waals surface area contributed by atoms with Gasteiger partial charge in [0.1, 0.15) is 12.1 Å². The first-order valence-electron chi connectivity index (χ1n) is 10.1. The van der Waals surface area contributed by atoms with E-state index in [1.807, 2.05) is 7.05 Å². The average molecular weight is 427 g/mol. The van der Waals surface area contributed by atoms with E-state index in [-0.39, 0.29) is 48.2 Å². The van der Waals surface area contributed by atoms with Gasteiger partial charge in [-0.25, -0.2) is 4.79 Å². The van der Waals surface area contributed by atoms with Crippen LogP contribution in [0.3, 0.4) is 0 Å². The number of likely N-dealkylation sites (N-methyl/N-ethyl adjacent to an activating group) is 1. The van der Waals surface area contributed by atoms with Crippen molar-refractivity contribution in [2.24, 2.45) is 11.3 Å². The summed E-state index contributed by atoms with van der Waals surface area (Å²) in [4.78, 5) is 33.7. The van der Waals surface area contributed by atoms with Gasteiger partial charge in [-0.3, -0.25) is 14.6 Å². The fraction of sp³-hybridized carbons (Fsp3) is 0.789. The Morgan fingerprint density at radius 2 is 2.03 bits per heavy atom. The van der Waals surface area contributed by atoms with E-state index in [0.717, 1.165) is 26.1 Å². The third-order valence-corrected chi connectivity index (χ3v) is 6.21. The summed E-state index contributed by atoms with van der Waals surface area (Å²) in [6, 6.07) is -0.341. The van der Waals surface area contributed by atoms with Crippen LogP contribution in [0, 0.1) is 11.3 Å². The van der Waals surface area contributed by atoms with Crippen LogP contribution in [0.2, 0.25) is 0 Å². The summed E-state index contributed by atoms with van der Waals surface area (Å²) < 4.78 is 5.37. The molecule has 2 N–H and O–H groups in total. The van der Waals surface area contributed by atoms with E-state index in [4.69, 9.17) is 4.52 Å². The molecule has 1 saturated carbocycles. The molecule has 2 saturated heterocycles. The number of imide groups is 1. The zero-order valence-corrected chi connectivity index (χ0v) is 18.3. The van der Waals surface area contributed by atoms with Crippen LogP contribution in [0.1, 0.15) is 57.8 Å². The van der Waals surface area contributed by atoms with Crippen LogP contribution in [-0.2, 0) is 11.3 Å². The first-order chi connectivity index (χ1) is 13.2. The number of aromatic nitrogens is 2. The molecule has 1 aromatic rings. The van der Waals surface area contributed by atoms with Crippen LogP contribution in [-0.4, -0.2) is 64.1 Å².